The third-order valence-electron chi connectivity index (χ3n) is 7.48. The van der Waals surface area contributed by atoms with Gasteiger partial charge in [0, 0.05) is 11.3 Å². The number of rotatable bonds is 5. The van der Waals surface area contributed by atoms with Crippen molar-refractivity contribution in [1.82, 2.24) is 0 Å². The van der Waals surface area contributed by atoms with E-state index in [9.17, 15) is 19.4 Å². The highest BCUT2D eigenvalue weighted by Gasteiger charge is 2.49. The number of ether oxygens (including phenoxy) is 1. The molecule has 1 aliphatic heterocycles. The molecule has 1 heterocycles. The Morgan fingerprint density at radius 1 is 1.13 bits per heavy atom. The summed E-state index contributed by atoms with van der Waals surface area (Å²) in [6.45, 7) is 0. The van der Waals surface area contributed by atoms with Crippen molar-refractivity contribution in [3.05, 3.63) is 77.1 Å². The molecule has 31 heavy (non-hydrogen) atoms. The average molecular weight is 422 g/mol. The van der Waals surface area contributed by atoms with E-state index in [2.05, 4.69) is 18.2 Å². The maximum Gasteiger partial charge on any atom is 0.338 e. The number of aromatic carboxylic acids is 1. The Hall–Kier alpha value is -2.66. The van der Waals surface area contributed by atoms with E-state index in [4.69, 9.17) is 4.74 Å². The number of aliphatic hydroxyl groups excluding tert-OH is 1. The van der Waals surface area contributed by atoms with Crippen molar-refractivity contribution in [3.63, 3.8) is 0 Å². The van der Waals surface area contributed by atoms with Crippen molar-refractivity contribution in [1.29, 1.82) is 0 Å². The number of carboxylic acid groups (broad SMARTS) is 1. The molecule has 2 fully saturated rings. The third-order valence-corrected chi connectivity index (χ3v) is 7.48. The van der Waals surface area contributed by atoms with Crippen molar-refractivity contribution in [3.8, 4) is 5.75 Å². The van der Waals surface area contributed by atoms with Gasteiger partial charge in [-0.1, -0.05) is 48.6 Å². The first kappa shape index (κ1) is 20.3. The average Bonchev–Trinajstić information content (AvgIpc) is 3.53. The predicted octanol–water partition coefficient (Wildman–Crippen LogP) is 4.89. The van der Waals surface area contributed by atoms with Gasteiger partial charge >= 0.3 is 5.97 Å². The minimum atomic E-state index is -1.28. The zero-order valence-corrected chi connectivity index (χ0v) is 17.3. The number of aliphatic hydroxyl groups is 1. The highest BCUT2D eigenvalue weighted by molar-refractivity contribution is 5.88. The SMILES string of the molecule is O=C(O)c1ccc2c(c1F)O[C@H]1CC[C@H](/C=C/C(O)C3(c4ccccc4)CC3)[C@H]1CC2. The molecule has 0 saturated heterocycles. The fourth-order valence-electron chi connectivity index (χ4n) is 5.50. The van der Waals surface area contributed by atoms with E-state index < -0.39 is 17.9 Å². The van der Waals surface area contributed by atoms with Crippen LogP contribution < -0.4 is 4.74 Å². The fourth-order valence-corrected chi connectivity index (χ4v) is 5.50. The van der Waals surface area contributed by atoms with Gasteiger partial charge in [0.15, 0.2) is 11.6 Å². The molecular formula is C26H27FO4. The zero-order valence-electron chi connectivity index (χ0n) is 17.3. The monoisotopic (exact) mass is 422 g/mol. The van der Waals surface area contributed by atoms with Crippen LogP contribution in [0.5, 0.6) is 5.75 Å². The Kier molecular flexibility index (Phi) is 5.09. The van der Waals surface area contributed by atoms with Gasteiger partial charge in [-0.25, -0.2) is 9.18 Å². The fraction of sp³-hybridized carbons (Fsp3) is 0.423. The molecule has 2 aromatic rings. The quantitative estimate of drug-likeness (QED) is 0.673. The second-order valence-electron chi connectivity index (χ2n) is 9.17. The molecule has 2 aliphatic carbocycles. The van der Waals surface area contributed by atoms with Gasteiger partial charge in [-0.05, 0) is 61.6 Å². The largest absolute Gasteiger partial charge is 0.487 e. The summed E-state index contributed by atoms with van der Waals surface area (Å²) in [6, 6.07) is 13.2. The molecule has 4 atom stereocenters. The molecule has 5 rings (SSSR count). The van der Waals surface area contributed by atoms with E-state index in [1.165, 1.54) is 11.6 Å². The van der Waals surface area contributed by atoms with Gasteiger partial charge in [0.05, 0.1) is 11.7 Å². The summed E-state index contributed by atoms with van der Waals surface area (Å²) >= 11 is 0. The van der Waals surface area contributed by atoms with Gasteiger partial charge < -0.3 is 14.9 Å². The minimum Gasteiger partial charge on any atom is -0.487 e. The summed E-state index contributed by atoms with van der Waals surface area (Å²) in [5.74, 6) is -1.44. The van der Waals surface area contributed by atoms with Crippen molar-refractivity contribution in [2.45, 2.75) is 56.1 Å². The van der Waals surface area contributed by atoms with E-state index in [0.29, 0.717) is 6.42 Å². The van der Waals surface area contributed by atoms with E-state index in [-0.39, 0.29) is 34.7 Å². The highest BCUT2D eigenvalue weighted by Crippen LogP contribution is 2.51. The zero-order chi connectivity index (χ0) is 21.6. The second kappa shape index (κ2) is 7.79. The second-order valence-corrected chi connectivity index (χ2v) is 9.17. The molecule has 0 aromatic heterocycles. The number of fused-ring (bicyclic) bond motifs is 2. The molecule has 2 saturated carbocycles. The van der Waals surface area contributed by atoms with Crippen LogP contribution in [0.15, 0.2) is 54.6 Å². The lowest BCUT2D eigenvalue weighted by Crippen LogP contribution is -2.25. The summed E-state index contributed by atoms with van der Waals surface area (Å²) in [4.78, 5) is 11.3. The summed E-state index contributed by atoms with van der Waals surface area (Å²) in [7, 11) is 0. The molecule has 2 aromatic carbocycles. The van der Waals surface area contributed by atoms with Crippen LogP contribution in [0.4, 0.5) is 4.39 Å². The van der Waals surface area contributed by atoms with Crippen molar-refractivity contribution in [2.75, 3.05) is 0 Å². The minimum absolute atomic E-state index is 0.109. The molecule has 1 unspecified atom stereocenters. The topological polar surface area (TPSA) is 66.8 Å². The summed E-state index contributed by atoms with van der Waals surface area (Å²) in [5.41, 5.74) is 1.42. The van der Waals surface area contributed by atoms with Crippen LogP contribution in [0.3, 0.4) is 0 Å². The van der Waals surface area contributed by atoms with Crippen LogP contribution in [0.25, 0.3) is 0 Å². The predicted molar refractivity (Wildman–Crippen MR) is 115 cm³/mol. The Balaban J connectivity index is 1.32. The molecule has 3 aliphatic rings. The molecule has 2 N–H and O–H groups in total. The smallest absolute Gasteiger partial charge is 0.338 e. The van der Waals surface area contributed by atoms with Crippen molar-refractivity contribution >= 4 is 5.97 Å². The molecule has 0 bridgehead atoms. The Morgan fingerprint density at radius 3 is 2.61 bits per heavy atom. The van der Waals surface area contributed by atoms with Gasteiger partial charge in [-0.3, -0.25) is 0 Å². The molecule has 162 valence electrons. The molecule has 0 amide bonds. The summed E-state index contributed by atoms with van der Waals surface area (Å²) in [6.07, 6.45) is 8.66. The number of hydrogen-bond donors (Lipinski definition) is 2. The van der Waals surface area contributed by atoms with Crippen LogP contribution in [0.1, 0.15) is 53.6 Å². The molecular weight excluding hydrogens is 395 g/mol. The number of aryl methyl sites for hydroxylation is 1. The number of allylic oxidation sites excluding steroid dienone is 1. The molecule has 4 nitrogen and oxygen atoms in total. The number of hydrogen-bond acceptors (Lipinski definition) is 3. The molecule has 0 radical (unpaired) electrons. The van der Waals surface area contributed by atoms with E-state index >= 15 is 0 Å². The highest BCUT2D eigenvalue weighted by atomic mass is 19.1. The first-order valence-corrected chi connectivity index (χ1v) is 11.1. The number of carboxylic acids is 1. The first-order chi connectivity index (χ1) is 15.0. The van der Waals surface area contributed by atoms with Crippen LogP contribution in [0, 0.1) is 17.7 Å². The maximum absolute atomic E-state index is 14.7. The normalized spacial score (nSPS) is 27.1. The lowest BCUT2D eigenvalue weighted by Gasteiger charge is -2.23. The lowest BCUT2D eigenvalue weighted by molar-refractivity contribution is 0.0689. The number of halogens is 1. The number of carbonyl (C=O) groups is 1. The van der Waals surface area contributed by atoms with E-state index in [0.717, 1.165) is 37.7 Å². The number of benzene rings is 2. The van der Waals surface area contributed by atoms with Gasteiger partial charge in [-0.2, -0.15) is 0 Å². The Bertz CT molecular complexity index is 1010. The van der Waals surface area contributed by atoms with Crippen molar-refractivity contribution < 1.29 is 24.1 Å². The Morgan fingerprint density at radius 2 is 1.90 bits per heavy atom. The Labute approximate surface area is 181 Å². The van der Waals surface area contributed by atoms with Gasteiger partial charge in [0.25, 0.3) is 0 Å². The van der Waals surface area contributed by atoms with Gasteiger partial charge in [0.2, 0.25) is 0 Å². The van der Waals surface area contributed by atoms with Gasteiger partial charge in [-0.15, -0.1) is 0 Å². The van der Waals surface area contributed by atoms with E-state index in [1.807, 2.05) is 24.3 Å². The standard InChI is InChI=1S/C26H27FO4/c27-23-20(25(29)30)11-7-17-6-10-19-16(8-12-21(19)31-24(17)23)9-13-22(28)26(14-15-26)18-4-2-1-3-5-18/h1-5,7,9,11,13,16,19,21-22,28H,6,8,10,12,14-15H2,(H,29,30)/b13-9+/t16-,19-,21+,22?/m1/s1. The van der Waals surface area contributed by atoms with Crippen LogP contribution in [-0.2, 0) is 11.8 Å². The summed E-state index contributed by atoms with van der Waals surface area (Å²) in [5, 5.41) is 20.2. The molecule has 0 spiro atoms. The van der Waals surface area contributed by atoms with Crippen LogP contribution >= 0.6 is 0 Å². The molecule has 5 heteroatoms. The van der Waals surface area contributed by atoms with Crippen LogP contribution in [-0.4, -0.2) is 28.4 Å². The van der Waals surface area contributed by atoms with Crippen LogP contribution in [0.2, 0.25) is 0 Å². The first-order valence-electron chi connectivity index (χ1n) is 11.1. The lowest BCUT2D eigenvalue weighted by atomic mass is 9.86. The summed E-state index contributed by atoms with van der Waals surface area (Å²) < 4.78 is 20.8. The van der Waals surface area contributed by atoms with E-state index in [1.54, 1.807) is 6.07 Å². The van der Waals surface area contributed by atoms with Gasteiger partial charge in [0.1, 0.15) is 6.10 Å². The van der Waals surface area contributed by atoms with Crippen molar-refractivity contribution in [2.24, 2.45) is 11.8 Å². The maximum atomic E-state index is 14.7. The third kappa shape index (κ3) is 3.55.